The zero-order valence-corrected chi connectivity index (χ0v) is 12.9. The van der Waals surface area contributed by atoms with Crippen LogP contribution < -0.4 is 5.32 Å². The molecule has 1 N–H and O–H groups in total. The van der Waals surface area contributed by atoms with Crippen molar-refractivity contribution in [2.24, 2.45) is 5.92 Å². The van der Waals surface area contributed by atoms with E-state index in [1.807, 2.05) is 13.0 Å². The van der Waals surface area contributed by atoms with Gasteiger partial charge in [-0.15, -0.1) is 0 Å². The van der Waals surface area contributed by atoms with Gasteiger partial charge in [-0.2, -0.15) is 4.31 Å². The second kappa shape index (κ2) is 5.04. The molecule has 1 aromatic rings. The molecule has 0 spiro atoms. The van der Waals surface area contributed by atoms with Crippen LogP contribution in [0.2, 0.25) is 0 Å². The molecule has 2 unspecified atom stereocenters. The molecule has 0 aromatic heterocycles. The fourth-order valence-corrected chi connectivity index (χ4v) is 5.00. The van der Waals surface area contributed by atoms with Crippen LogP contribution in [0.25, 0.3) is 0 Å². The SMILES string of the molecule is CC1CCCN(S(=O)(=O)c2ccc3c(c2)NCC3)C1C. The molecule has 0 aliphatic carbocycles. The summed E-state index contributed by atoms with van der Waals surface area (Å²) >= 11 is 0. The van der Waals surface area contributed by atoms with E-state index in [9.17, 15) is 8.42 Å². The first-order valence-corrected chi connectivity index (χ1v) is 8.83. The summed E-state index contributed by atoms with van der Waals surface area (Å²) in [6.07, 6.45) is 3.04. The van der Waals surface area contributed by atoms with E-state index < -0.39 is 10.0 Å². The first kappa shape index (κ1) is 13.9. The average Bonchev–Trinajstić information content (AvgIpc) is 2.89. The van der Waals surface area contributed by atoms with Crippen LogP contribution in [-0.2, 0) is 16.4 Å². The Kier molecular flexibility index (Phi) is 3.50. The fourth-order valence-electron chi connectivity index (χ4n) is 3.20. The smallest absolute Gasteiger partial charge is 0.243 e. The van der Waals surface area contributed by atoms with Crippen molar-refractivity contribution >= 4 is 15.7 Å². The number of sulfonamides is 1. The van der Waals surface area contributed by atoms with Gasteiger partial charge in [-0.1, -0.05) is 13.0 Å². The summed E-state index contributed by atoms with van der Waals surface area (Å²) in [5, 5.41) is 3.25. The minimum Gasteiger partial charge on any atom is -0.384 e. The van der Waals surface area contributed by atoms with Gasteiger partial charge in [-0.3, -0.25) is 0 Å². The third-order valence-electron chi connectivity index (χ3n) is 4.71. The van der Waals surface area contributed by atoms with E-state index in [4.69, 9.17) is 0 Å². The van der Waals surface area contributed by atoms with Crippen LogP contribution in [0.4, 0.5) is 5.69 Å². The molecule has 1 saturated heterocycles. The molecule has 2 aliphatic rings. The lowest BCUT2D eigenvalue weighted by Gasteiger charge is -2.36. The highest BCUT2D eigenvalue weighted by Crippen LogP contribution is 2.31. The molecule has 1 aromatic carbocycles. The number of rotatable bonds is 2. The van der Waals surface area contributed by atoms with Gasteiger partial charge in [0.25, 0.3) is 0 Å². The Balaban J connectivity index is 1.95. The number of nitrogens with zero attached hydrogens (tertiary/aromatic N) is 1. The van der Waals surface area contributed by atoms with Crippen LogP contribution in [0.1, 0.15) is 32.3 Å². The third-order valence-corrected chi connectivity index (χ3v) is 6.70. The Morgan fingerprint density at radius 2 is 2.10 bits per heavy atom. The highest BCUT2D eigenvalue weighted by molar-refractivity contribution is 7.89. The molecular weight excluding hydrogens is 272 g/mol. The highest BCUT2D eigenvalue weighted by atomic mass is 32.2. The van der Waals surface area contributed by atoms with Gasteiger partial charge in [-0.25, -0.2) is 8.42 Å². The molecular formula is C15H22N2O2S. The number of hydrogen-bond donors (Lipinski definition) is 1. The maximum absolute atomic E-state index is 12.8. The summed E-state index contributed by atoms with van der Waals surface area (Å²) in [6.45, 7) is 5.69. The maximum Gasteiger partial charge on any atom is 0.243 e. The summed E-state index contributed by atoms with van der Waals surface area (Å²) in [4.78, 5) is 0.423. The van der Waals surface area contributed by atoms with Gasteiger partial charge < -0.3 is 5.32 Å². The van der Waals surface area contributed by atoms with Gasteiger partial charge in [0.1, 0.15) is 0 Å². The van der Waals surface area contributed by atoms with E-state index in [1.54, 1.807) is 16.4 Å². The van der Waals surface area contributed by atoms with Gasteiger partial charge in [0, 0.05) is 24.8 Å². The number of piperidine rings is 1. The zero-order valence-electron chi connectivity index (χ0n) is 12.1. The maximum atomic E-state index is 12.8. The van der Waals surface area contributed by atoms with Gasteiger partial charge in [-0.05, 0) is 49.8 Å². The predicted molar refractivity (Wildman–Crippen MR) is 80.4 cm³/mol. The molecule has 2 aliphatic heterocycles. The van der Waals surface area contributed by atoms with Gasteiger partial charge >= 0.3 is 0 Å². The number of hydrogen-bond acceptors (Lipinski definition) is 3. The quantitative estimate of drug-likeness (QED) is 0.911. The highest BCUT2D eigenvalue weighted by Gasteiger charge is 2.34. The van der Waals surface area contributed by atoms with Crippen molar-refractivity contribution in [2.45, 2.75) is 44.0 Å². The standard InChI is InChI=1S/C15H22N2O2S/c1-11-4-3-9-17(12(11)2)20(18,19)14-6-5-13-7-8-16-15(13)10-14/h5-6,10-12,16H,3-4,7-9H2,1-2H3. The lowest BCUT2D eigenvalue weighted by molar-refractivity contribution is 0.202. The number of anilines is 1. The van der Waals surface area contributed by atoms with Crippen LogP contribution in [0.5, 0.6) is 0 Å². The first-order valence-electron chi connectivity index (χ1n) is 7.39. The Morgan fingerprint density at radius 1 is 1.30 bits per heavy atom. The molecule has 3 rings (SSSR count). The minimum atomic E-state index is -3.37. The van der Waals surface area contributed by atoms with Crippen LogP contribution in [0.15, 0.2) is 23.1 Å². The second-order valence-electron chi connectivity index (χ2n) is 5.97. The molecule has 1 fully saturated rings. The average molecular weight is 294 g/mol. The van der Waals surface area contributed by atoms with Crippen molar-refractivity contribution in [3.8, 4) is 0 Å². The number of fused-ring (bicyclic) bond motifs is 1. The molecule has 0 bridgehead atoms. The summed E-state index contributed by atoms with van der Waals surface area (Å²) in [6, 6.07) is 5.58. The van der Waals surface area contributed by atoms with E-state index in [1.165, 1.54) is 5.56 Å². The van der Waals surface area contributed by atoms with Crippen molar-refractivity contribution in [1.29, 1.82) is 0 Å². The van der Waals surface area contributed by atoms with Crippen molar-refractivity contribution in [3.63, 3.8) is 0 Å². The monoisotopic (exact) mass is 294 g/mol. The third kappa shape index (κ3) is 2.23. The van der Waals surface area contributed by atoms with Crippen LogP contribution in [-0.4, -0.2) is 31.9 Å². The molecule has 4 nitrogen and oxygen atoms in total. The number of nitrogens with one attached hydrogen (secondary N) is 1. The van der Waals surface area contributed by atoms with Gasteiger partial charge in [0.15, 0.2) is 0 Å². The van der Waals surface area contributed by atoms with Gasteiger partial charge in [0.2, 0.25) is 10.0 Å². The Labute approximate surface area is 121 Å². The lowest BCUT2D eigenvalue weighted by atomic mass is 9.94. The fraction of sp³-hybridized carbons (Fsp3) is 0.600. The summed E-state index contributed by atoms with van der Waals surface area (Å²) in [5.41, 5.74) is 2.19. The van der Waals surface area contributed by atoms with Crippen molar-refractivity contribution in [1.82, 2.24) is 4.31 Å². The van der Waals surface area contributed by atoms with Gasteiger partial charge in [0.05, 0.1) is 4.90 Å². The number of benzene rings is 1. The summed E-state index contributed by atoms with van der Waals surface area (Å²) in [7, 11) is -3.37. The minimum absolute atomic E-state index is 0.0787. The van der Waals surface area contributed by atoms with Crippen LogP contribution in [0.3, 0.4) is 0 Å². The normalized spacial score (nSPS) is 27.1. The van der Waals surface area contributed by atoms with Crippen molar-refractivity contribution in [2.75, 3.05) is 18.4 Å². The predicted octanol–water partition coefficient (Wildman–Crippen LogP) is 2.46. The summed E-state index contributed by atoms with van der Waals surface area (Å²) in [5.74, 6) is 0.422. The van der Waals surface area contributed by atoms with E-state index in [0.717, 1.165) is 31.5 Å². The second-order valence-corrected chi connectivity index (χ2v) is 7.86. The molecule has 5 heteroatoms. The molecule has 0 amide bonds. The largest absolute Gasteiger partial charge is 0.384 e. The molecule has 2 atom stereocenters. The Morgan fingerprint density at radius 3 is 2.90 bits per heavy atom. The van der Waals surface area contributed by atoms with E-state index in [0.29, 0.717) is 17.4 Å². The molecule has 0 saturated carbocycles. The zero-order chi connectivity index (χ0) is 14.3. The van der Waals surface area contributed by atoms with Crippen molar-refractivity contribution < 1.29 is 8.42 Å². The first-order chi connectivity index (χ1) is 9.50. The van der Waals surface area contributed by atoms with E-state index >= 15 is 0 Å². The van der Waals surface area contributed by atoms with E-state index in [-0.39, 0.29) is 6.04 Å². The Bertz CT molecular complexity index is 612. The van der Waals surface area contributed by atoms with Crippen molar-refractivity contribution in [3.05, 3.63) is 23.8 Å². The topological polar surface area (TPSA) is 49.4 Å². The van der Waals surface area contributed by atoms with Crippen LogP contribution >= 0.6 is 0 Å². The molecule has 110 valence electrons. The van der Waals surface area contributed by atoms with E-state index in [2.05, 4.69) is 12.2 Å². The molecule has 2 heterocycles. The molecule has 0 radical (unpaired) electrons. The Hall–Kier alpha value is -1.07. The van der Waals surface area contributed by atoms with Crippen LogP contribution in [0, 0.1) is 5.92 Å². The molecule has 20 heavy (non-hydrogen) atoms. The summed E-state index contributed by atoms with van der Waals surface area (Å²) < 4.78 is 27.4. The lowest BCUT2D eigenvalue weighted by Crippen LogP contribution is -2.45.